The van der Waals surface area contributed by atoms with Gasteiger partial charge in [0.25, 0.3) is 5.91 Å². The number of carbonyl (C=O) groups is 3. The first kappa shape index (κ1) is 24.3. The Balaban J connectivity index is 1.57. The Bertz CT molecular complexity index is 1220. The average Bonchev–Trinajstić information content (AvgIpc) is 2.74. The maximum Gasteiger partial charge on any atom is 0.307 e. The molecule has 1 aliphatic heterocycles. The predicted octanol–water partition coefficient (Wildman–Crippen LogP) is 1.94. The predicted molar refractivity (Wildman–Crippen MR) is 114 cm³/mol. The maximum atomic E-state index is 13.3. The summed E-state index contributed by atoms with van der Waals surface area (Å²) in [6.45, 7) is 2.03. The number of benzene rings is 2. The fourth-order valence-electron chi connectivity index (χ4n) is 3.19. The molecule has 0 spiro atoms. The normalized spacial score (nSPS) is 14.9. The fourth-order valence-corrected chi connectivity index (χ4v) is 4.24. The smallest absolute Gasteiger partial charge is 0.307 e. The number of hydrogen-bond donors (Lipinski definition) is 2. The lowest BCUT2D eigenvalue weighted by Gasteiger charge is -2.41. The standard InChI is InChI=1S/C21H21F2N3O6S/c1-21(2)20(29)25-16-5-3-4-6-17(16)26(21)18(27)12-32-19(28)9-10-24-33(30,31)13-7-8-14(22)15(23)11-13/h3-8,11,24H,9-10,12H2,1-2H3,(H,25,29). The molecule has 9 nitrogen and oxygen atoms in total. The molecule has 0 aliphatic carbocycles. The van der Waals surface area contributed by atoms with Crippen molar-refractivity contribution in [3.63, 3.8) is 0 Å². The minimum atomic E-state index is -4.18. The average molecular weight is 481 g/mol. The number of hydrogen-bond acceptors (Lipinski definition) is 6. The number of halogens is 2. The number of ether oxygens (including phenoxy) is 1. The number of nitrogens with one attached hydrogen (secondary N) is 2. The van der Waals surface area contributed by atoms with Gasteiger partial charge in [0.1, 0.15) is 5.54 Å². The van der Waals surface area contributed by atoms with Gasteiger partial charge < -0.3 is 10.1 Å². The Kier molecular flexibility index (Phi) is 6.79. The van der Waals surface area contributed by atoms with Gasteiger partial charge in [-0.1, -0.05) is 12.1 Å². The number of nitrogens with zero attached hydrogens (tertiary/aromatic N) is 1. The lowest BCUT2D eigenvalue weighted by Crippen LogP contribution is -2.59. The van der Waals surface area contributed by atoms with Crippen molar-refractivity contribution in [3.8, 4) is 0 Å². The van der Waals surface area contributed by atoms with Crippen LogP contribution in [0.2, 0.25) is 0 Å². The zero-order chi connectivity index (χ0) is 24.4. The van der Waals surface area contributed by atoms with E-state index in [9.17, 15) is 31.6 Å². The minimum Gasteiger partial charge on any atom is -0.456 e. The second kappa shape index (κ2) is 9.24. The van der Waals surface area contributed by atoms with Crippen molar-refractivity contribution in [1.29, 1.82) is 0 Å². The molecule has 0 bridgehead atoms. The molecule has 1 aliphatic rings. The summed E-state index contributed by atoms with van der Waals surface area (Å²) in [5, 5.41) is 2.71. The van der Waals surface area contributed by atoms with Crippen LogP contribution in [0.4, 0.5) is 20.2 Å². The molecular weight excluding hydrogens is 460 g/mol. The van der Waals surface area contributed by atoms with Gasteiger partial charge in [-0.15, -0.1) is 0 Å². The summed E-state index contributed by atoms with van der Waals surface area (Å²) in [4.78, 5) is 37.9. The molecule has 0 saturated heterocycles. The van der Waals surface area contributed by atoms with Crippen LogP contribution in [0.3, 0.4) is 0 Å². The number of carbonyl (C=O) groups excluding carboxylic acids is 3. The summed E-state index contributed by atoms with van der Waals surface area (Å²) in [7, 11) is -4.18. The van der Waals surface area contributed by atoms with Gasteiger partial charge in [0, 0.05) is 6.54 Å². The van der Waals surface area contributed by atoms with E-state index >= 15 is 0 Å². The summed E-state index contributed by atoms with van der Waals surface area (Å²) in [5.74, 6) is -4.44. The van der Waals surface area contributed by atoms with Crippen molar-refractivity contribution in [1.82, 2.24) is 4.72 Å². The van der Waals surface area contributed by atoms with Crippen molar-refractivity contribution < 1.29 is 36.3 Å². The first-order chi connectivity index (χ1) is 15.4. The molecule has 0 aromatic heterocycles. The van der Waals surface area contributed by atoms with Crippen LogP contribution in [0.15, 0.2) is 47.4 Å². The second-order valence-corrected chi connectivity index (χ2v) is 9.41. The minimum absolute atomic E-state index is 0.394. The van der Waals surface area contributed by atoms with Crippen LogP contribution in [0.1, 0.15) is 20.3 Å². The fraction of sp³-hybridized carbons (Fsp3) is 0.286. The molecule has 176 valence electrons. The van der Waals surface area contributed by atoms with Gasteiger partial charge >= 0.3 is 5.97 Å². The van der Waals surface area contributed by atoms with Gasteiger partial charge in [0.05, 0.1) is 22.7 Å². The van der Waals surface area contributed by atoms with Crippen molar-refractivity contribution in [2.75, 3.05) is 23.4 Å². The van der Waals surface area contributed by atoms with Gasteiger partial charge in [0.15, 0.2) is 18.2 Å². The molecule has 2 aromatic carbocycles. The SMILES string of the molecule is CC1(C)C(=O)Nc2ccccc2N1C(=O)COC(=O)CCNS(=O)(=O)c1ccc(F)c(F)c1. The molecule has 1 heterocycles. The first-order valence-corrected chi connectivity index (χ1v) is 11.3. The molecule has 2 aromatic rings. The van der Waals surface area contributed by atoms with Crippen molar-refractivity contribution in [3.05, 3.63) is 54.1 Å². The number of amides is 2. The molecule has 0 unspecified atom stereocenters. The van der Waals surface area contributed by atoms with E-state index in [1.807, 2.05) is 0 Å². The zero-order valence-electron chi connectivity index (χ0n) is 17.7. The number of esters is 1. The molecule has 2 amide bonds. The Morgan fingerprint density at radius 2 is 1.82 bits per heavy atom. The topological polar surface area (TPSA) is 122 Å². The molecule has 0 fully saturated rings. The first-order valence-electron chi connectivity index (χ1n) is 9.77. The third kappa shape index (κ3) is 5.17. The highest BCUT2D eigenvalue weighted by Crippen LogP contribution is 2.36. The van der Waals surface area contributed by atoms with E-state index in [-0.39, 0.29) is 0 Å². The van der Waals surface area contributed by atoms with E-state index in [1.165, 1.54) is 4.90 Å². The van der Waals surface area contributed by atoms with Gasteiger partial charge in [-0.05, 0) is 44.2 Å². The monoisotopic (exact) mass is 481 g/mol. The largest absolute Gasteiger partial charge is 0.456 e. The summed E-state index contributed by atoms with van der Waals surface area (Å²) in [6.07, 6.45) is -0.420. The highest BCUT2D eigenvalue weighted by molar-refractivity contribution is 7.89. The molecule has 12 heteroatoms. The third-order valence-corrected chi connectivity index (χ3v) is 6.40. The number of sulfonamides is 1. The molecule has 2 N–H and O–H groups in total. The van der Waals surface area contributed by atoms with E-state index in [4.69, 9.17) is 4.74 Å². The van der Waals surface area contributed by atoms with E-state index < -0.39 is 69.4 Å². The third-order valence-electron chi connectivity index (χ3n) is 4.94. The van der Waals surface area contributed by atoms with Crippen LogP contribution in [-0.2, 0) is 29.1 Å². The van der Waals surface area contributed by atoms with Gasteiger partial charge in [-0.3, -0.25) is 19.3 Å². The van der Waals surface area contributed by atoms with Crippen molar-refractivity contribution in [2.24, 2.45) is 0 Å². The van der Waals surface area contributed by atoms with E-state index in [0.29, 0.717) is 23.5 Å². The highest BCUT2D eigenvalue weighted by Gasteiger charge is 2.43. The Hall–Kier alpha value is -3.38. The van der Waals surface area contributed by atoms with E-state index in [0.717, 1.165) is 6.07 Å². The quantitative estimate of drug-likeness (QED) is 0.583. The van der Waals surface area contributed by atoms with Crippen molar-refractivity contribution in [2.45, 2.75) is 30.7 Å². The van der Waals surface area contributed by atoms with E-state index in [1.54, 1.807) is 38.1 Å². The molecule has 0 atom stereocenters. The number of rotatable bonds is 7. The summed E-state index contributed by atoms with van der Waals surface area (Å²) < 4.78 is 57.5. The maximum absolute atomic E-state index is 13.3. The summed E-state index contributed by atoms with van der Waals surface area (Å²) in [5.41, 5.74) is -0.353. The highest BCUT2D eigenvalue weighted by atomic mass is 32.2. The van der Waals surface area contributed by atoms with Gasteiger partial charge in [0.2, 0.25) is 15.9 Å². The van der Waals surface area contributed by atoms with Crippen LogP contribution in [0.25, 0.3) is 0 Å². The zero-order valence-corrected chi connectivity index (χ0v) is 18.5. The van der Waals surface area contributed by atoms with Gasteiger partial charge in [-0.25, -0.2) is 21.9 Å². The van der Waals surface area contributed by atoms with Crippen LogP contribution in [0.5, 0.6) is 0 Å². The molecule has 0 radical (unpaired) electrons. The van der Waals surface area contributed by atoms with Crippen LogP contribution in [0, 0.1) is 11.6 Å². The molecule has 3 rings (SSSR count). The van der Waals surface area contributed by atoms with Gasteiger partial charge in [-0.2, -0.15) is 0 Å². The molecular formula is C21H21F2N3O6S. The lowest BCUT2D eigenvalue weighted by atomic mass is 9.96. The molecule has 33 heavy (non-hydrogen) atoms. The van der Waals surface area contributed by atoms with Crippen LogP contribution < -0.4 is 14.9 Å². The van der Waals surface area contributed by atoms with Crippen LogP contribution >= 0.6 is 0 Å². The Morgan fingerprint density at radius 1 is 1.12 bits per heavy atom. The second-order valence-electron chi connectivity index (χ2n) is 7.64. The van der Waals surface area contributed by atoms with Crippen molar-refractivity contribution >= 4 is 39.2 Å². The Labute approximate surface area is 188 Å². The number of fused-ring (bicyclic) bond motifs is 1. The lowest BCUT2D eigenvalue weighted by molar-refractivity contribution is -0.148. The summed E-state index contributed by atoms with van der Waals surface area (Å²) in [6, 6.07) is 8.73. The van der Waals surface area contributed by atoms with E-state index in [2.05, 4.69) is 10.0 Å². The number of anilines is 2. The van der Waals surface area contributed by atoms with Crippen LogP contribution in [-0.4, -0.2) is 44.9 Å². The summed E-state index contributed by atoms with van der Waals surface area (Å²) >= 11 is 0. The molecule has 0 saturated carbocycles. The number of para-hydroxylation sites is 2. The Morgan fingerprint density at radius 3 is 2.52 bits per heavy atom.